The van der Waals surface area contributed by atoms with Gasteiger partial charge in [0.1, 0.15) is 0 Å². The van der Waals surface area contributed by atoms with Gasteiger partial charge in [0.05, 0.1) is 6.10 Å². The first-order valence-electron chi connectivity index (χ1n) is 6.78. The van der Waals surface area contributed by atoms with E-state index in [1.54, 1.807) is 0 Å². The van der Waals surface area contributed by atoms with E-state index in [4.69, 9.17) is 0 Å². The van der Waals surface area contributed by atoms with Crippen molar-refractivity contribution >= 4 is 0 Å². The zero-order valence-corrected chi connectivity index (χ0v) is 11.2. The summed E-state index contributed by atoms with van der Waals surface area (Å²) in [6, 6.07) is 0. The SMILES string of the molecule is CCCCC(C)(CCCC)C(O)CCC. The second kappa shape index (κ2) is 8.15. The van der Waals surface area contributed by atoms with Crippen molar-refractivity contribution in [1.82, 2.24) is 0 Å². The average Bonchev–Trinajstić information content (AvgIpc) is 2.24. The summed E-state index contributed by atoms with van der Waals surface area (Å²) in [5, 5.41) is 10.2. The Morgan fingerprint density at radius 3 is 1.73 bits per heavy atom. The van der Waals surface area contributed by atoms with Gasteiger partial charge in [0.15, 0.2) is 0 Å². The van der Waals surface area contributed by atoms with Crippen LogP contribution in [0.3, 0.4) is 0 Å². The first-order valence-corrected chi connectivity index (χ1v) is 6.78. The molecule has 15 heavy (non-hydrogen) atoms. The van der Waals surface area contributed by atoms with Crippen molar-refractivity contribution in [3.63, 3.8) is 0 Å². The molecule has 0 aliphatic carbocycles. The Morgan fingerprint density at radius 2 is 1.40 bits per heavy atom. The fourth-order valence-corrected chi connectivity index (χ4v) is 2.24. The third-order valence-electron chi connectivity index (χ3n) is 3.57. The highest BCUT2D eigenvalue weighted by Gasteiger charge is 2.30. The van der Waals surface area contributed by atoms with E-state index < -0.39 is 0 Å². The van der Waals surface area contributed by atoms with Gasteiger partial charge >= 0.3 is 0 Å². The lowest BCUT2D eigenvalue weighted by Gasteiger charge is -2.35. The Bertz CT molecular complexity index is 134. The first kappa shape index (κ1) is 15.0. The first-order chi connectivity index (χ1) is 7.10. The normalized spacial score (nSPS) is 14.2. The Morgan fingerprint density at radius 1 is 0.933 bits per heavy atom. The molecule has 0 rings (SSSR count). The zero-order valence-electron chi connectivity index (χ0n) is 11.2. The van der Waals surface area contributed by atoms with Crippen LogP contribution in [-0.2, 0) is 0 Å². The summed E-state index contributed by atoms with van der Waals surface area (Å²) in [5.74, 6) is 0. The van der Waals surface area contributed by atoms with Crippen molar-refractivity contribution in [2.24, 2.45) is 5.41 Å². The molecule has 0 aromatic heterocycles. The highest BCUT2D eigenvalue weighted by molar-refractivity contribution is 4.81. The van der Waals surface area contributed by atoms with Gasteiger partial charge in [-0.2, -0.15) is 0 Å². The summed E-state index contributed by atoms with van der Waals surface area (Å²) in [6.07, 6.45) is 9.30. The molecule has 1 unspecified atom stereocenters. The monoisotopic (exact) mass is 214 g/mol. The van der Waals surface area contributed by atoms with Crippen LogP contribution in [0.5, 0.6) is 0 Å². The lowest BCUT2D eigenvalue weighted by Crippen LogP contribution is -2.32. The number of hydrogen-bond donors (Lipinski definition) is 1. The van der Waals surface area contributed by atoms with E-state index in [1.807, 2.05) is 0 Å². The number of unbranched alkanes of at least 4 members (excludes halogenated alkanes) is 2. The highest BCUT2D eigenvalue weighted by atomic mass is 16.3. The number of rotatable bonds is 9. The van der Waals surface area contributed by atoms with Gasteiger partial charge in [-0.1, -0.05) is 59.8 Å². The second-order valence-corrected chi connectivity index (χ2v) is 5.17. The van der Waals surface area contributed by atoms with Crippen LogP contribution in [-0.4, -0.2) is 11.2 Å². The van der Waals surface area contributed by atoms with Crippen molar-refractivity contribution in [3.05, 3.63) is 0 Å². The highest BCUT2D eigenvalue weighted by Crippen LogP contribution is 2.36. The van der Waals surface area contributed by atoms with Crippen LogP contribution < -0.4 is 0 Å². The molecule has 0 heterocycles. The van der Waals surface area contributed by atoms with E-state index in [2.05, 4.69) is 27.7 Å². The quantitative estimate of drug-likeness (QED) is 0.597. The molecular formula is C14H30O. The van der Waals surface area contributed by atoms with Gasteiger partial charge in [-0.15, -0.1) is 0 Å². The maximum Gasteiger partial charge on any atom is 0.0593 e. The zero-order chi connectivity index (χ0) is 11.7. The van der Waals surface area contributed by atoms with E-state index in [0.29, 0.717) is 0 Å². The predicted molar refractivity (Wildman–Crippen MR) is 68.1 cm³/mol. The minimum atomic E-state index is -0.0967. The third kappa shape index (κ3) is 5.55. The molecule has 1 nitrogen and oxygen atoms in total. The summed E-state index contributed by atoms with van der Waals surface area (Å²) in [5.41, 5.74) is 0.169. The van der Waals surface area contributed by atoms with Crippen LogP contribution >= 0.6 is 0 Å². The molecule has 0 fully saturated rings. The molecule has 0 aliphatic heterocycles. The van der Waals surface area contributed by atoms with Gasteiger partial charge in [0.2, 0.25) is 0 Å². The summed E-state index contributed by atoms with van der Waals surface area (Å²) >= 11 is 0. The fourth-order valence-electron chi connectivity index (χ4n) is 2.24. The molecule has 1 N–H and O–H groups in total. The molecule has 0 aliphatic rings. The molecule has 1 heteroatoms. The van der Waals surface area contributed by atoms with Crippen molar-refractivity contribution < 1.29 is 5.11 Å². The molecule has 92 valence electrons. The van der Waals surface area contributed by atoms with E-state index >= 15 is 0 Å². The van der Waals surface area contributed by atoms with Crippen molar-refractivity contribution in [2.75, 3.05) is 0 Å². The van der Waals surface area contributed by atoms with Crippen LogP contribution in [0, 0.1) is 5.41 Å². The summed E-state index contributed by atoms with van der Waals surface area (Å²) in [6.45, 7) is 8.89. The Balaban J connectivity index is 4.23. The summed E-state index contributed by atoms with van der Waals surface area (Å²) < 4.78 is 0. The maximum absolute atomic E-state index is 10.2. The number of hydrogen-bond acceptors (Lipinski definition) is 1. The molecule has 0 saturated carbocycles. The van der Waals surface area contributed by atoms with Crippen molar-refractivity contribution in [1.29, 1.82) is 0 Å². The average molecular weight is 214 g/mol. The van der Waals surface area contributed by atoms with E-state index in [9.17, 15) is 5.11 Å². The van der Waals surface area contributed by atoms with E-state index in [0.717, 1.165) is 12.8 Å². The standard InChI is InChI=1S/C14H30O/c1-5-8-11-14(4,12-9-6-2)13(15)10-7-3/h13,15H,5-12H2,1-4H3. The Kier molecular flexibility index (Phi) is 8.13. The second-order valence-electron chi connectivity index (χ2n) is 5.17. The summed E-state index contributed by atoms with van der Waals surface area (Å²) in [4.78, 5) is 0. The smallest absolute Gasteiger partial charge is 0.0593 e. The molecule has 1 atom stereocenters. The minimum Gasteiger partial charge on any atom is -0.393 e. The molecule has 0 amide bonds. The number of aliphatic hydroxyl groups excluding tert-OH is 1. The fraction of sp³-hybridized carbons (Fsp3) is 1.00. The lowest BCUT2D eigenvalue weighted by atomic mass is 9.74. The Labute approximate surface area is 96.3 Å². The van der Waals surface area contributed by atoms with Gasteiger partial charge in [-0.05, 0) is 24.7 Å². The van der Waals surface area contributed by atoms with E-state index in [-0.39, 0.29) is 11.5 Å². The van der Waals surface area contributed by atoms with Crippen LogP contribution in [0.1, 0.15) is 79.1 Å². The van der Waals surface area contributed by atoms with Gasteiger partial charge < -0.3 is 5.11 Å². The van der Waals surface area contributed by atoms with Crippen LogP contribution in [0.15, 0.2) is 0 Å². The van der Waals surface area contributed by atoms with Gasteiger partial charge in [-0.25, -0.2) is 0 Å². The molecule has 0 aromatic rings. The predicted octanol–water partition coefficient (Wildman–Crippen LogP) is 4.53. The van der Waals surface area contributed by atoms with Gasteiger partial charge in [-0.3, -0.25) is 0 Å². The maximum atomic E-state index is 10.2. The molecule has 0 saturated heterocycles. The topological polar surface area (TPSA) is 20.2 Å². The number of aliphatic hydroxyl groups is 1. The van der Waals surface area contributed by atoms with Crippen molar-refractivity contribution in [2.45, 2.75) is 85.2 Å². The molecular weight excluding hydrogens is 184 g/mol. The minimum absolute atomic E-state index is 0.0967. The lowest BCUT2D eigenvalue weighted by molar-refractivity contribution is 0.0145. The third-order valence-corrected chi connectivity index (χ3v) is 3.57. The van der Waals surface area contributed by atoms with Gasteiger partial charge in [0, 0.05) is 0 Å². The van der Waals surface area contributed by atoms with Gasteiger partial charge in [0.25, 0.3) is 0 Å². The van der Waals surface area contributed by atoms with Crippen LogP contribution in [0.4, 0.5) is 0 Å². The van der Waals surface area contributed by atoms with E-state index in [1.165, 1.54) is 38.5 Å². The molecule has 0 bridgehead atoms. The molecule has 0 radical (unpaired) electrons. The van der Waals surface area contributed by atoms with Crippen molar-refractivity contribution in [3.8, 4) is 0 Å². The largest absolute Gasteiger partial charge is 0.393 e. The van der Waals surface area contributed by atoms with Crippen LogP contribution in [0.2, 0.25) is 0 Å². The Hall–Kier alpha value is -0.0400. The summed E-state index contributed by atoms with van der Waals surface area (Å²) in [7, 11) is 0. The molecule has 0 spiro atoms. The van der Waals surface area contributed by atoms with Crippen LogP contribution in [0.25, 0.3) is 0 Å². The molecule has 0 aromatic carbocycles.